The number of hydrogen-bond acceptors (Lipinski definition) is 4. The van der Waals surface area contributed by atoms with Gasteiger partial charge >= 0.3 is 5.69 Å². The van der Waals surface area contributed by atoms with E-state index < -0.39 is 17.2 Å². The Morgan fingerprint density at radius 3 is 2.31 bits per heavy atom. The lowest BCUT2D eigenvalue weighted by molar-refractivity contribution is -0.121. The zero-order valence-electron chi connectivity index (χ0n) is 18.0. The Balaban J connectivity index is 1.72. The number of rotatable bonds is 6. The largest absolute Gasteiger partial charge is 0.354 e. The highest BCUT2D eigenvalue weighted by molar-refractivity contribution is 5.81. The summed E-state index contributed by atoms with van der Waals surface area (Å²) >= 11 is 0. The third kappa shape index (κ3) is 4.23. The zero-order valence-corrected chi connectivity index (χ0v) is 18.0. The number of para-hydroxylation sites is 1. The predicted octanol–water partition coefficient (Wildman–Crippen LogP) is 2.52. The van der Waals surface area contributed by atoms with Crippen molar-refractivity contribution < 1.29 is 4.79 Å². The van der Waals surface area contributed by atoms with Gasteiger partial charge in [0.25, 0.3) is 5.56 Å². The van der Waals surface area contributed by atoms with Gasteiger partial charge in [-0.25, -0.2) is 18.9 Å². The van der Waals surface area contributed by atoms with Crippen molar-refractivity contribution in [1.82, 2.24) is 19.4 Å². The van der Waals surface area contributed by atoms with Crippen molar-refractivity contribution in [2.24, 2.45) is 0 Å². The second-order valence-corrected chi connectivity index (χ2v) is 7.71. The minimum Gasteiger partial charge on any atom is -0.354 e. The molecule has 0 bridgehead atoms. The average Bonchev–Trinajstić information content (AvgIpc) is 2.77. The summed E-state index contributed by atoms with van der Waals surface area (Å²) in [6, 6.07) is 20.6. The summed E-state index contributed by atoms with van der Waals surface area (Å²) in [4.78, 5) is 43.7. The topological polar surface area (TPSA) is 86.0 Å². The Bertz CT molecular complexity index is 1390. The molecule has 1 N–H and O–H groups in total. The Hall–Kier alpha value is -4.00. The molecule has 0 radical (unpaired) electrons. The number of amides is 1. The SMILES string of the molecule is Cc1cc(C)c2c(=O)n(CC(=O)NCCc3ccccc3)c(=O)n(-c3ccccc3)c2n1. The maximum atomic E-state index is 13.4. The number of fused-ring (bicyclic) bond motifs is 1. The molecule has 0 atom stereocenters. The van der Waals surface area contributed by atoms with Gasteiger partial charge in [-0.3, -0.25) is 9.59 Å². The van der Waals surface area contributed by atoms with Crippen LogP contribution in [0.2, 0.25) is 0 Å². The zero-order chi connectivity index (χ0) is 22.7. The lowest BCUT2D eigenvalue weighted by Crippen LogP contribution is -2.44. The van der Waals surface area contributed by atoms with Crippen LogP contribution in [0.4, 0.5) is 0 Å². The first-order chi connectivity index (χ1) is 15.5. The third-order valence-corrected chi connectivity index (χ3v) is 5.31. The number of pyridine rings is 1. The molecule has 0 aliphatic carbocycles. The fourth-order valence-corrected chi connectivity index (χ4v) is 3.82. The van der Waals surface area contributed by atoms with Gasteiger partial charge in [-0.05, 0) is 49.6 Å². The number of carbonyl (C=O) groups excluding carboxylic acids is 1. The molecule has 0 aliphatic rings. The molecule has 7 nitrogen and oxygen atoms in total. The van der Waals surface area contributed by atoms with Crippen LogP contribution in [0, 0.1) is 13.8 Å². The van der Waals surface area contributed by atoms with Crippen molar-refractivity contribution in [3.8, 4) is 5.69 Å². The van der Waals surface area contributed by atoms with Gasteiger partial charge < -0.3 is 5.32 Å². The van der Waals surface area contributed by atoms with Crippen molar-refractivity contribution in [1.29, 1.82) is 0 Å². The first kappa shape index (κ1) is 21.2. The van der Waals surface area contributed by atoms with Crippen LogP contribution in [0.1, 0.15) is 16.8 Å². The normalized spacial score (nSPS) is 10.9. The number of aryl methyl sites for hydroxylation is 2. The average molecular weight is 428 g/mol. The van der Waals surface area contributed by atoms with Gasteiger partial charge in [0.15, 0.2) is 5.65 Å². The van der Waals surface area contributed by atoms with Crippen LogP contribution >= 0.6 is 0 Å². The number of carbonyl (C=O) groups is 1. The lowest BCUT2D eigenvalue weighted by Gasteiger charge is -2.15. The van der Waals surface area contributed by atoms with Crippen molar-refractivity contribution in [2.45, 2.75) is 26.8 Å². The molecule has 0 saturated heterocycles. The molecule has 0 unspecified atom stereocenters. The van der Waals surface area contributed by atoms with E-state index in [0.29, 0.717) is 40.9 Å². The summed E-state index contributed by atoms with van der Waals surface area (Å²) in [5.41, 5.74) is 2.28. The quantitative estimate of drug-likeness (QED) is 0.511. The molecule has 0 saturated carbocycles. The van der Waals surface area contributed by atoms with E-state index in [1.165, 1.54) is 4.57 Å². The maximum absolute atomic E-state index is 13.4. The standard InChI is InChI=1S/C25H24N4O3/c1-17-15-18(2)27-23-22(17)24(31)28(25(32)29(23)20-11-7-4-8-12-20)16-21(30)26-14-13-19-9-5-3-6-10-19/h3-12,15H,13-14,16H2,1-2H3,(H,26,30). The Kier molecular flexibility index (Phi) is 5.98. The van der Waals surface area contributed by atoms with Crippen LogP contribution in [0.3, 0.4) is 0 Å². The molecule has 2 aromatic carbocycles. The minimum atomic E-state index is -0.593. The van der Waals surface area contributed by atoms with E-state index in [1.807, 2.05) is 62.4 Å². The summed E-state index contributed by atoms with van der Waals surface area (Å²) < 4.78 is 2.38. The van der Waals surface area contributed by atoms with Crippen LogP contribution in [0.5, 0.6) is 0 Å². The van der Waals surface area contributed by atoms with Crippen LogP contribution in [0.25, 0.3) is 16.7 Å². The summed E-state index contributed by atoms with van der Waals surface area (Å²) in [5, 5.41) is 3.13. The highest BCUT2D eigenvalue weighted by atomic mass is 16.2. The van der Waals surface area contributed by atoms with E-state index in [-0.39, 0.29) is 6.54 Å². The molecule has 2 heterocycles. The monoisotopic (exact) mass is 428 g/mol. The molecule has 4 aromatic rings. The van der Waals surface area contributed by atoms with Crippen molar-refractivity contribution in [3.05, 3.63) is 104 Å². The summed E-state index contributed by atoms with van der Waals surface area (Å²) in [6.07, 6.45) is 0.662. The van der Waals surface area contributed by atoms with Gasteiger partial charge in [0.05, 0.1) is 11.1 Å². The highest BCUT2D eigenvalue weighted by Crippen LogP contribution is 2.16. The second kappa shape index (κ2) is 9.01. The summed E-state index contributed by atoms with van der Waals surface area (Å²) in [7, 11) is 0. The predicted molar refractivity (Wildman–Crippen MR) is 124 cm³/mol. The van der Waals surface area contributed by atoms with Gasteiger partial charge in [0.2, 0.25) is 5.91 Å². The molecule has 32 heavy (non-hydrogen) atoms. The van der Waals surface area contributed by atoms with Crippen molar-refractivity contribution in [3.63, 3.8) is 0 Å². The van der Waals surface area contributed by atoms with Crippen LogP contribution in [-0.2, 0) is 17.8 Å². The van der Waals surface area contributed by atoms with E-state index in [9.17, 15) is 14.4 Å². The van der Waals surface area contributed by atoms with Crippen LogP contribution in [0.15, 0.2) is 76.3 Å². The van der Waals surface area contributed by atoms with E-state index in [1.54, 1.807) is 18.2 Å². The van der Waals surface area contributed by atoms with E-state index in [2.05, 4.69) is 10.3 Å². The fourth-order valence-electron chi connectivity index (χ4n) is 3.82. The summed E-state index contributed by atoms with van der Waals surface area (Å²) in [6.45, 7) is 3.68. The van der Waals surface area contributed by atoms with Crippen LogP contribution < -0.4 is 16.6 Å². The van der Waals surface area contributed by atoms with Gasteiger partial charge in [-0.15, -0.1) is 0 Å². The third-order valence-electron chi connectivity index (χ3n) is 5.31. The lowest BCUT2D eigenvalue weighted by atomic mass is 10.1. The van der Waals surface area contributed by atoms with Gasteiger partial charge in [0.1, 0.15) is 6.54 Å². The molecule has 4 rings (SSSR count). The number of nitrogens with one attached hydrogen (secondary N) is 1. The number of hydrogen-bond donors (Lipinski definition) is 1. The van der Waals surface area contributed by atoms with E-state index in [0.717, 1.165) is 10.1 Å². The number of aromatic nitrogens is 3. The Morgan fingerprint density at radius 1 is 0.969 bits per heavy atom. The van der Waals surface area contributed by atoms with Gasteiger partial charge in [0, 0.05) is 12.2 Å². The molecule has 2 aromatic heterocycles. The fraction of sp³-hybridized carbons (Fsp3) is 0.200. The minimum absolute atomic E-state index is 0.296. The molecular weight excluding hydrogens is 404 g/mol. The highest BCUT2D eigenvalue weighted by Gasteiger charge is 2.19. The Morgan fingerprint density at radius 2 is 1.62 bits per heavy atom. The Labute approximate surface area is 185 Å². The molecule has 162 valence electrons. The molecule has 0 spiro atoms. The van der Waals surface area contributed by atoms with Crippen molar-refractivity contribution >= 4 is 16.9 Å². The van der Waals surface area contributed by atoms with Gasteiger partial charge in [-0.2, -0.15) is 0 Å². The van der Waals surface area contributed by atoms with Crippen LogP contribution in [-0.4, -0.2) is 26.6 Å². The summed E-state index contributed by atoms with van der Waals surface area (Å²) in [5.74, 6) is -0.392. The van der Waals surface area contributed by atoms with Gasteiger partial charge in [-0.1, -0.05) is 48.5 Å². The molecule has 0 aliphatic heterocycles. The van der Waals surface area contributed by atoms with E-state index in [4.69, 9.17) is 0 Å². The molecule has 1 amide bonds. The molecular formula is C25H24N4O3. The van der Waals surface area contributed by atoms with E-state index >= 15 is 0 Å². The smallest absolute Gasteiger partial charge is 0.337 e. The second-order valence-electron chi connectivity index (χ2n) is 7.71. The molecule has 0 fully saturated rings. The molecule has 7 heteroatoms. The maximum Gasteiger partial charge on any atom is 0.337 e. The number of benzene rings is 2. The number of nitrogens with zero attached hydrogens (tertiary/aromatic N) is 3. The first-order valence-corrected chi connectivity index (χ1v) is 10.5. The first-order valence-electron chi connectivity index (χ1n) is 10.5. The van der Waals surface area contributed by atoms with Crippen molar-refractivity contribution in [2.75, 3.05) is 6.54 Å².